The monoisotopic (exact) mass is 544 g/mol. The van der Waals surface area contributed by atoms with Crippen LogP contribution in [0.3, 0.4) is 0 Å². The molecular weight excluding hydrogens is 508 g/mol. The van der Waals surface area contributed by atoms with Crippen molar-refractivity contribution in [2.24, 2.45) is 0 Å². The zero-order chi connectivity index (χ0) is 28.1. The van der Waals surface area contributed by atoms with Gasteiger partial charge in [0.05, 0.1) is 7.11 Å². The first kappa shape index (κ1) is 27.9. The third kappa shape index (κ3) is 8.39. The molecule has 0 heterocycles. The van der Waals surface area contributed by atoms with Gasteiger partial charge in [0.1, 0.15) is 42.8 Å². The fourth-order valence-corrected chi connectivity index (χ4v) is 4.65. The summed E-state index contributed by atoms with van der Waals surface area (Å²) in [5.74, 6) is 3.31. The van der Waals surface area contributed by atoms with E-state index in [0.29, 0.717) is 19.8 Å². The number of benzene rings is 5. The summed E-state index contributed by atoms with van der Waals surface area (Å²) in [5.41, 5.74) is 5.72. The molecule has 0 unspecified atom stereocenters. The van der Waals surface area contributed by atoms with Gasteiger partial charge in [0.25, 0.3) is 0 Å². The normalized spacial score (nSPS) is 10.7. The van der Waals surface area contributed by atoms with E-state index < -0.39 is 0 Å². The van der Waals surface area contributed by atoms with E-state index in [2.05, 4.69) is 48.5 Å². The predicted molar refractivity (Wildman–Crippen MR) is 164 cm³/mol. The Hall–Kier alpha value is -4.70. The Morgan fingerprint density at radius 2 is 0.854 bits per heavy atom. The van der Waals surface area contributed by atoms with E-state index in [1.807, 2.05) is 78.9 Å². The maximum absolute atomic E-state index is 6.34. The molecule has 0 aromatic heterocycles. The maximum Gasteiger partial charge on any atom is 0.126 e. The van der Waals surface area contributed by atoms with Crippen molar-refractivity contribution in [3.05, 3.63) is 155 Å². The maximum atomic E-state index is 6.34. The lowest BCUT2D eigenvalue weighted by Gasteiger charge is -2.16. The molecule has 0 saturated heterocycles. The highest BCUT2D eigenvalue weighted by Crippen LogP contribution is 2.30. The van der Waals surface area contributed by atoms with Crippen LogP contribution >= 0.6 is 0 Å². The highest BCUT2D eigenvalue weighted by Gasteiger charge is 2.11. The molecular formula is C37H36O4. The van der Waals surface area contributed by atoms with Gasteiger partial charge < -0.3 is 18.9 Å². The van der Waals surface area contributed by atoms with Gasteiger partial charge in [-0.25, -0.2) is 0 Å². The van der Waals surface area contributed by atoms with Gasteiger partial charge in [-0.05, 0) is 59.2 Å². The Bertz CT molecular complexity index is 1480. The molecule has 0 radical (unpaired) electrons. The van der Waals surface area contributed by atoms with E-state index in [1.165, 1.54) is 0 Å². The number of ether oxygens (including phenoxy) is 4. The van der Waals surface area contributed by atoms with Gasteiger partial charge in [-0.3, -0.25) is 0 Å². The van der Waals surface area contributed by atoms with Crippen molar-refractivity contribution in [1.29, 1.82) is 0 Å². The molecule has 4 nitrogen and oxygen atoms in total. The van der Waals surface area contributed by atoms with Crippen LogP contribution in [0.1, 0.15) is 34.2 Å². The van der Waals surface area contributed by atoms with Crippen molar-refractivity contribution < 1.29 is 18.9 Å². The van der Waals surface area contributed by atoms with Gasteiger partial charge in [0.2, 0.25) is 0 Å². The summed E-state index contributed by atoms with van der Waals surface area (Å²) in [5, 5.41) is 0. The topological polar surface area (TPSA) is 36.9 Å². The Balaban J connectivity index is 1.26. The van der Waals surface area contributed by atoms with Gasteiger partial charge in [-0.2, -0.15) is 0 Å². The third-order valence-corrected chi connectivity index (χ3v) is 6.93. The van der Waals surface area contributed by atoms with Gasteiger partial charge >= 0.3 is 0 Å². The van der Waals surface area contributed by atoms with E-state index in [9.17, 15) is 0 Å². The molecule has 0 saturated carbocycles. The lowest BCUT2D eigenvalue weighted by Crippen LogP contribution is -2.02. The molecule has 0 spiro atoms. The molecule has 5 aromatic carbocycles. The van der Waals surface area contributed by atoms with Crippen molar-refractivity contribution in [1.82, 2.24) is 0 Å². The zero-order valence-corrected chi connectivity index (χ0v) is 23.5. The number of rotatable bonds is 14. The average molecular weight is 545 g/mol. The van der Waals surface area contributed by atoms with E-state index in [-0.39, 0.29) is 0 Å². The molecule has 0 atom stereocenters. The van der Waals surface area contributed by atoms with Crippen molar-refractivity contribution in [2.45, 2.75) is 39.1 Å². The van der Waals surface area contributed by atoms with E-state index in [4.69, 9.17) is 18.9 Å². The SMILES string of the molecule is COc1ccc(CCCc2ccc(OCc3ccccc3)cc2OCc2ccccc2)c(OCc2ccccc2)c1. The second-order valence-corrected chi connectivity index (χ2v) is 9.92. The molecule has 0 aliphatic rings. The van der Waals surface area contributed by atoms with E-state index >= 15 is 0 Å². The van der Waals surface area contributed by atoms with Gasteiger partial charge in [-0.15, -0.1) is 0 Å². The first-order valence-corrected chi connectivity index (χ1v) is 14.1. The van der Waals surface area contributed by atoms with Crippen molar-refractivity contribution in [3.8, 4) is 23.0 Å². The molecule has 0 fully saturated rings. The predicted octanol–water partition coefficient (Wildman–Crippen LogP) is 8.61. The van der Waals surface area contributed by atoms with Gasteiger partial charge in [0, 0.05) is 12.1 Å². The summed E-state index contributed by atoms with van der Waals surface area (Å²) in [4.78, 5) is 0. The largest absolute Gasteiger partial charge is 0.497 e. The van der Waals surface area contributed by atoms with Crippen LogP contribution in [0.15, 0.2) is 127 Å². The summed E-state index contributed by atoms with van der Waals surface area (Å²) in [6.07, 6.45) is 2.69. The van der Waals surface area contributed by atoms with Crippen molar-refractivity contribution >= 4 is 0 Å². The van der Waals surface area contributed by atoms with Crippen molar-refractivity contribution in [2.75, 3.05) is 7.11 Å². The van der Waals surface area contributed by atoms with Crippen LogP contribution in [0.2, 0.25) is 0 Å². The van der Waals surface area contributed by atoms with Gasteiger partial charge in [-0.1, -0.05) is 103 Å². The average Bonchev–Trinajstić information content (AvgIpc) is 3.04. The number of methoxy groups -OCH3 is 1. The molecule has 41 heavy (non-hydrogen) atoms. The summed E-state index contributed by atoms with van der Waals surface area (Å²) in [7, 11) is 1.68. The quantitative estimate of drug-likeness (QED) is 0.140. The Kier molecular flexibility index (Phi) is 9.93. The highest BCUT2D eigenvalue weighted by molar-refractivity contribution is 5.43. The first-order valence-electron chi connectivity index (χ1n) is 14.1. The van der Waals surface area contributed by atoms with Crippen LogP contribution in [0.5, 0.6) is 23.0 Å². The second-order valence-electron chi connectivity index (χ2n) is 9.92. The minimum Gasteiger partial charge on any atom is -0.497 e. The summed E-state index contributed by atoms with van der Waals surface area (Å²) in [6, 6.07) is 42.9. The molecule has 0 aliphatic carbocycles. The molecule has 4 heteroatoms. The highest BCUT2D eigenvalue weighted by atomic mass is 16.5. The van der Waals surface area contributed by atoms with Crippen LogP contribution < -0.4 is 18.9 Å². The smallest absolute Gasteiger partial charge is 0.126 e. The fraction of sp³-hybridized carbons (Fsp3) is 0.189. The molecule has 0 N–H and O–H groups in total. The van der Waals surface area contributed by atoms with Crippen LogP contribution in [-0.4, -0.2) is 7.11 Å². The van der Waals surface area contributed by atoms with E-state index in [1.54, 1.807) is 7.11 Å². The molecule has 5 rings (SSSR count). The molecule has 5 aromatic rings. The molecule has 0 bridgehead atoms. The lowest BCUT2D eigenvalue weighted by atomic mass is 10.0. The first-order chi connectivity index (χ1) is 20.3. The minimum atomic E-state index is 0.506. The fourth-order valence-electron chi connectivity index (χ4n) is 4.65. The molecule has 0 amide bonds. The zero-order valence-electron chi connectivity index (χ0n) is 23.5. The number of hydrogen-bond donors (Lipinski definition) is 0. The van der Waals surface area contributed by atoms with Crippen LogP contribution in [0, 0.1) is 0 Å². The minimum absolute atomic E-state index is 0.506. The number of aryl methyl sites for hydroxylation is 2. The summed E-state index contributed by atoms with van der Waals surface area (Å²) in [6.45, 7) is 1.54. The van der Waals surface area contributed by atoms with Crippen LogP contribution in [0.25, 0.3) is 0 Å². The lowest BCUT2D eigenvalue weighted by molar-refractivity contribution is 0.287. The Morgan fingerprint density at radius 3 is 1.32 bits per heavy atom. The standard InChI is InChI=1S/C37H36O4/c1-38-34-22-20-32(36(24-34)40-27-30-14-7-3-8-15-30)18-11-19-33-21-23-35(39-26-29-12-5-2-6-13-29)25-37(33)41-28-31-16-9-4-10-17-31/h2-10,12-17,20-25H,11,18-19,26-28H2,1H3. The third-order valence-electron chi connectivity index (χ3n) is 6.93. The van der Waals surface area contributed by atoms with Gasteiger partial charge in [0.15, 0.2) is 0 Å². The molecule has 208 valence electrons. The van der Waals surface area contributed by atoms with Crippen molar-refractivity contribution in [3.63, 3.8) is 0 Å². The summed E-state index contributed by atoms with van der Waals surface area (Å²) < 4.78 is 24.1. The number of hydrogen-bond acceptors (Lipinski definition) is 4. The van der Waals surface area contributed by atoms with Crippen LogP contribution in [-0.2, 0) is 32.7 Å². The Morgan fingerprint density at radius 1 is 0.439 bits per heavy atom. The Labute approximate surface area is 243 Å². The second kappa shape index (κ2) is 14.6. The summed E-state index contributed by atoms with van der Waals surface area (Å²) >= 11 is 0. The van der Waals surface area contributed by atoms with Crippen LogP contribution in [0.4, 0.5) is 0 Å². The van der Waals surface area contributed by atoms with E-state index in [0.717, 1.165) is 70.1 Å². The molecule has 0 aliphatic heterocycles.